The highest BCUT2D eigenvalue weighted by Gasteiger charge is 2.31. The van der Waals surface area contributed by atoms with Gasteiger partial charge in [0.05, 0.1) is 34.8 Å². The number of benzene rings is 2. The zero-order chi connectivity index (χ0) is 30.7. The number of ether oxygens (including phenoxy) is 2. The van der Waals surface area contributed by atoms with Crippen molar-refractivity contribution >= 4 is 38.3 Å². The van der Waals surface area contributed by atoms with Crippen LogP contribution < -0.4 is 14.8 Å². The molecule has 0 bridgehead atoms. The summed E-state index contributed by atoms with van der Waals surface area (Å²) in [4.78, 5) is 33.7. The Morgan fingerprint density at radius 1 is 1.14 bits per heavy atom. The fraction of sp³-hybridized carbons (Fsp3) is 0.333. The average molecular weight is 621 g/mol. The maximum Gasteiger partial charge on any atom is 0.293 e. The average Bonchev–Trinajstić information content (AvgIpc) is 3.70. The molecule has 0 unspecified atom stereocenters. The van der Waals surface area contributed by atoms with Gasteiger partial charge in [-0.15, -0.1) is 0 Å². The van der Waals surface area contributed by atoms with Crippen LogP contribution >= 0.6 is 0 Å². The van der Waals surface area contributed by atoms with Crippen molar-refractivity contribution in [2.24, 2.45) is 5.92 Å². The molecule has 2 aromatic heterocycles. The van der Waals surface area contributed by atoms with Gasteiger partial charge in [-0.05, 0) is 61.6 Å². The summed E-state index contributed by atoms with van der Waals surface area (Å²) in [6.07, 6.45) is 6.27. The molecule has 14 heteroatoms. The fourth-order valence-corrected chi connectivity index (χ4v) is 6.81. The number of aromatic nitrogens is 2. The summed E-state index contributed by atoms with van der Waals surface area (Å²) in [7, 11) is -4.46. The number of nitro groups is 1. The summed E-state index contributed by atoms with van der Waals surface area (Å²) < 4.78 is 39.7. The van der Waals surface area contributed by atoms with E-state index in [9.17, 15) is 23.3 Å². The van der Waals surface area contributed by atoms with E-state index in [1.54, 1.807) is 24.4 Å². The molecule has 6 rings (SSSR count). The monoisotopic (exact) mass is 620 g/mol. The maximum absolute atomic E-state index is 13.2. The van der Waals surface area contributed by atoms with Crippen molar-refractivity contribution in [3.63, 3.8) is 0 Å². The molecule has 4 aromatic rings. The Labute approximate surface area is 253 Å². The number of hydrogen-bond donors (Lipinski definition) is 3. The lowest BCUT2D eigenvalue weighted by Crippen LogP contribution is -2.42. The van der Waals surface area contributed by atoms with E-state index in [2.05, 4.69) is 20.2 Å². The second kappa shape index (κ2) is 12.6. The lowest BCUT2D eigenvalue weighted by atomic mass is 10.1. The van der Waals surface area contributed by atoms with Gasteiger partial charge in [-0.2, -0.15) is 0 Å². The largest absolute Gasteiger partial charge is 0.455 e. The number of nitrogens with zero attached hydrogens (tertiary/aromatic N) is 3. The Hall–Kier alpha value is -4.53. The van der Waals surface area contributed by atoms with Crippen molar-refractivity contribution in [3.8, 4) is 11.5 Å². The zero-order valence-corrected chi connectivity index (χ0v) is 24.6. The van der Waals surface area contributed by atoms with Crippen LogP contribution in [0.25, 0.3) is 11.0 Å². The van der Waals surface area contributed by atoms with E-state index in [-0.39, 0.29) is 22.7 Å². The van der Waals surface area contributed by atoms with Crippen LogP contribution in [0.5, 0.6) is 11.5 Å². The number of carbonyl (C=O) groups is 1. The van der Waals surface area contributed by atoms with E-state index >= 15 is 0 Å². The van der Waals surface area contributed by atoms with Crippen LogP contribution in [0.2, 0.25) is 0 Å². The highest BCUT2D eigenvalue weighted by Crippen LogP contribution is 2.33. The van der Waals surface area contributed by atoms with Gasteiger partial charge in [0, 0.05) is 43.3 Å². The summed E-state index contributed by atoms with van der Waals surface area (Å²) >= 11 is 0. The number of H-pyrrole nitrogens is 1. The number of para-hydroxylation sites is 1. The molecule has 13 nitrogen and oxygen atoms in total. The smallest absolute Gasteiger partial charge is 0.293 e. The van der Waals surface area contributed by atoms with Crippen LogP contribution in [0.3, 0.4) is 0 Å². The molecule has 2 aromatic carbocycles. The number of aromatic amines is 1. The molecule has 1 saturated carbocycles. The van der Waals surface area contributed by atoms with Crippen LogP contribution in [-0.2, 0) is 14.8 Å². The summed E-state index contributed by atoms with van der Waals surface area (Å²) in [5.41, 5.74) is 0.465. The fourth-order valence-electron chi connectivity index (χ4n) is 5.82. The number of fused-ring (bicyclic) bond motifs is 1. The first-order chi connectivity index (χ1) is 21.3. The number of sulfonamides is 1. The number of nitro benzene ring substituents is 1. The molecular weight excluding hydrogens is 588 g/mol. The maximum atomic E-state index is 13.2. The number of morpholine rings is 1. The van der Waals surface area contributed by atoms with Crippen molar-refractivity contribution in [2.45, 2.75) is 30.2 Å². The van der Waals surface area contributed by atoms with Gasteiger partial charge in [0.1, 0.15) is 22.8 Å². The van der Waals surface area contributed by atoms with Gasteiger partial charge in [-0.1, -0.05) is 12.1 Å². The number of nitrogens with one attached hydrogen (secondary N) is 3. The molecule has 2 fully saturated rings. The van der Waals surface area contributed by atoms with E-state index in [0.717, 1.165) is 57.0 Å². The lowest BCUT2D eigenvalue weighted by molar-refractivity contribution is -0.384. The van der Waals surface area contributed by atoms with Crippen LogP contribution in [0, 0.1) is 16.0 Å². The van der Waals surface area contributed by atoms with Crippen molar-refractivity contribution < 1.29 is 27.6 Å². The minimum atomic E-state index is -4.46. The van der Waals surface area contributed by atoms with E-state index < -0.39 is 25.7 Å². The van der Waals surface area contributed by atoms with Crippen LogP contribution in [-0.4, -0.2) is 73.0 Å². The molecule has 0 spiro atoms. The summed E-state index contributed by atoms with van der Waals surface area (Å²) in [5, 5.41) is 15.9. The first-order valence-electron chi connectivity index (χ1n) is 14.4. The Bertz CT molecular complexity index is 1790. The van der Waals surface area contributed by atoms with Crippen LogP contribution in [0.1, 0.15) is 29.6 Å². The van der Waals surface area contributed by atoms with Crippen LogP contribution in [0.15, 0.2) is 71.9 Å². The van der Waals surface area contributed by atoms with Gasteiger partial charge in [-0.25, -0.2) is 18.1 Å². The topological polar surface area (TPSA) is 169 Å². The Kier molecular flexibility index (Phi) is 8.46. The molecule has 1 aliphatic heterocycles. The molecule has 3 N–H and O–H groups in total. The van der Waals surface area contributed by atoms with Crippen molar-refractivity contribution in [3.05, 3.63) is 82.7 Å². The number of pyridine rings is 1. The van der Waals surface area contributed by atoms with Crippen LogP contribution in [0.4, 0.5) is 11.4 Å². The SMILES string of the molecule is O=C(NS(=O)(=O)c1ccc(NC[C@H]2CC[C@@H](N3CCOCC3)C2)c([N+](=O)[O-])c1)c1ccccc1Oc1cnc2[nH]ccc2c1. The number of carbonyl (C=O) groups excluding carboxylic acids is 1. The third kappa shape index (κ3) is 6.51. The molecule has 1 aliphatic carbocycles. The number of rotatable bonds is 10. The molecule has 2 atom stereocenters. The quantitative estimate of drug-likeness (QED) is 0.172. The summed E-state index contributed by atoms with van der Waals surface area (Å²) in [6.45, 7) is 3.86. The number of hydrogen-bond acceptors (Lipinski definition) is 10. The minimum absolute atomic E-state index is 0.0371. The highest BCUT2D eigenvalue weighted by atomic mass is 32.2. The Morgan fingerprint density at radius 3 is 2.77 bits per heavy atom. The first kappa shape index (κ1) is 29.5. The molecule has 1 saturated heterocycles. The van der Waals surface area contributed by atoms with Crippen molar-refractivity contribution in [2.75, 3.05) is 38.2 Å². The third-order valence-corrected chi connectivity index (χ3v) is 9.42. The van der Waals surface area contributed by atoms with Crippen molar-refractivity contribution in [1.82, 2.24) is 19.6 Å². The predicted molar refractivity (Wildman–Crippen MR) is 162 cm³/mol. The van der Waals surface area contributed by atoms with Gasteiger partial charge in [0.2, 0.25) is 0 Å². The standard InChI is InChI=1S/C30H32N6O7S/c37-30(25-3-1-2-4-28(25)43-23-16-21-9-10-31-29(21)33-19-23)34-44(40,41)24-7-8-26(27(17-24)36(38)39)32-18-20-5-6-22(15-20)35-11-13-42-14-12-35/h1-4,7-10,16-17,19-20,22,32H,5-6,11-15,18H2,(H,31,33)(H,34,37)/t20-,22+/m0/s1. The normalized spacial score (nSPS) is 19.1. The summed E-state index contributed by atoms with van der Waals surface area (Å²) in [6, 6.07) is 13.8. The molecule has 3 heterocycles. The molecular formula is C30H32N6O7S. The van der Waals surface area contributed by atoms with E-state index in [1.165, 1.54) is 30.5 Å². The van der Waals surface area contributed by atoms with Gasteiger partial charge in [0.25, 0.3) is 21.6 Å². The molecule has 2 aliphatic rings. The third-order valence-electron chi connectivity index (χ3n) is 8.09. The van der Waals surface area contributed by atoms with Gasteiger partial charge in [0.15, 0.2) is 0 Å². The van der Waals surface area contributed by atoms with Gasteiger partial charge >= 0.3 is 0 Å². The number of anilines is 1. The zero-order valence-electron chi connectivity index (χ0n) is 23.8. The van der Waals surface area contributed by atoms with E-state index in [0.29, 0.717) is 29.9 Å². The Balaban J connectivity index is 1.13. The second-order valence-electron chi connectivity index (χ2n) is 10.9. The number of amides is 1. The van der Waals surface area contributed by atoms with Gasteiger partial charge < -0.3 is 19.8 Å². The van der Waals surface area contributed by atoms with Crippen molar-refractivity contribution in [1.29, 1.82) is 0 Å². The molecule has 0 radical (unpaired) electrons. The molecule has 1 amide bonds. The van der Waals surface area contributed by atoms with E-state index in [4.69, 9.17) is 9.47 Å². The second-order valence-corrected chi connectivity index (χ2v) is 12.6. The highest BCUT2D eigenvalue weighted by molar-refractivity contribution is 7.90. The molecule has 44 heavy (non-hydrogen) atoms. The predicted octanol–water partition coefficient (Wildman–Crippen LogP) is 4.29. The molecule has 230 valence electrons. The van der Waals surface area contributed by atoms with Gasteiger partial charge in [-0.3, -0.25) is 19.8 Å². The Morgan fingerprint density at radius 2 is 1.95 bits per heavy atom. The van der Waals surface area contributed by atoms with E-state index in [1.807, 2.05) is 10.8 Å². The lowest BCUT2D eigenvalue weighted by Gasteiger charge is -2.32. The first-order valence-corrected chi connectivity index (χ1v) is 15.9. The minimum Gasteiger partial charge on any atom is -0.455 e. The summed E-state index contributed by atoms with van der Waals surface area (Å²) in [5.74, 6) is -0.135.